The highest BCUT2D eigenvalue weighted by atomic mass is 16.7. The van der Waals surface area contributed by atoms with Crippen LogP contribution in [0, 0.1) is 0 Å². The molecule has 8 heteroatoms. The Balaban J connectivity index is 1.48. The second kappa shape index (κ2) is 12.5. The molecule has 0 unspecified atom stereocenters. The third kappa shape index (κ3) is 6.40. The van der Waals surface area contributed by atoms with Crippen molar-refractivity contribution in [3.63, 3.8) is 0 Å². The number of hydrogen-bond acceptors (Lipinski definition) is 7. The number of likely N-dealkylation sites (tertiary alicyclic amines) is 1. The standard InChI is InChI=1S/C27H42N4O4/c1-4-6-11-29(12-7-5-2)26(32)19-30-18-22(15-23(30)9-14-31-13-8-10-28-31)21-16-24(33-3)27-25(17-21)34-20-35-27/h10,16-17,22-23H,4-9,11-15,18-20H2,1-3H3/t22-,23+/m1/s1. The Kier molecular flexibility index (Phi) is 9.12. The summed E-state index contributed by atoms with van der Waals surface area (Å²) in [4.78, 5) is 17.9. The van der Waals surface area contributed by atoms with E-state index in [1.54, 1.807) is 7.11 Å². The first-order valence-corrected chi connectivity index (χ1v) is 13.4. The number of methoxy groups -OCH3 is 1. The van der Waals surface area contributed by atoms with Crippen LogP contribution in [0.1, 0.15) is 70.3 Å². The fourth-order valence-corrected chi connectivity index (χ4v) is 5.34. The Bertz CT molecular complexity index is 869. The van der Waals surface area contributed by atoms with Crippen LogP contribution in [0.25, 0.3) is 0 Å². The van der Waals surface area contributed by atoms with Crippen molar-refractivity contribution in [1.82, 2.24) is 14.8 Å². The fraction of sp³-hybridized carbons (Fsp3) is 0.704. The lowest BCUT2D eigenvalue weighted by molar-refractivity contribution is -0.132. The smallest absolute Gasteiger partial charge is 0.236 e. The average molecular weight is 487 g/mol. The van der Waals surface area contributed by atoms with Gasteiger partial charge in [-0.25, -0.2) is 0 Å². The Morgan fingerprint density at radius 3 is 2.69 bits per heavy atom. The van der Waals surface area contributed by atoms with Crippen LogP contribution in [0.2, 0.25) is 0 Å². The molecular weight excluding hydrogens is 444 g/mol. The van der Waals surface area contributed by atoms with Crippen LogP contribution in [0.3, 0.4) is 0 Å². The molecular formula is C27H42N4O4. The van der Waals surface area contributed by atoms with Gasteiger partial charge in [-0.1, -0.05) is 26.7 Å². The maximum Gasteiger partial charge on any atom is 0.236 e. The quantitative estimate of drug-likeness (QED) is 0.418. The monoisotopic (exact) mass is 486 g/mol. The number of rotatable bonds is 13. The minimum absolute atomic E-state index is 0.227. The molecule has 3 heterocycles. The molecule has 8 nitrogen and oxygen atoms in total. The molecule has 1 aromatic carbocycles. The lowest BCUT2D eigenvalue weighted by Crippen LogP contribution is -2.43. The number of unbranched alkanes of at least 4 members (excludes halogenated alkanes) is 2. The topological polar surface area (TPSA) is 66.8 Å². The van der Waals surface area contributed by atoms with Crippen LogP contribution >= 0.6 is 0 Å². The summed E-state index contributed by atoms with van der Waals surface area (Å²) in [5, 5.41) is 6.64. The van der Waals surface area contributed by atoms with Gasteiger partial charge < -0.3 is 19.1 Å². The molecule has 0 saturated carbocycles. The predicted octanol–water partition coefficient (Wildman–Crippen LogP) is 4.09. The summed E-state index contributed by atoms with van der Waals surface area (Å²) in [5.74, 6) is 2.74. The molecule has 194 valence electrons. The molecule has 0 aromatic heterocycles. The number of carbonyl (C=O) groups is 1. The van der Waals surface area contributed by atoms with Gasteiger partial charge in [-0.2, -0.15) is 5.10 Å². The lowest BCUT2D eigenvalue weighted by Gasteiger charge is -2.29. The van der Waals surface area contributed by atoms with Crippen LogP contribution in [0.5, 0.6) is 17.2 Å². The summed E-state index contributed by atoms with van der Waals surface area (Å²) in [6.07, 6.45) is 9.37. The second-order valence-electron chi connectivity index (χ2n) is 9.89. The van der Waals surface area contributed by atoms with Gasteiger partial charge in [0.05, 0.1) is 13.7 Å². The zero-order chi connectivity index (χ0) is 24.6. The number of hydrogen-bond donors (Lipinski definition) is 0. The van der Waals surface area contributed by atoms with E-state index < -0.39 is 0 Å². The van der Waals surface area contributed by atoms with Gasteiger partial charge in [0.2, 0.25) is 18.4 Å². The normalized spacial score (nSPS) is 21.2. The van der Waals surface area contributed by atoms with Gasteiger partial charge in [-0.3, -0.25) is 14.7 Å². The molecule has 0 spiro atoms. The zero-order valence-electron chi connectivity index (χ0n) is 21.7. The van der Waals surface area contributed by atoms with E-state index in [-0.39, 0.29) is 12.7 Å². The Labute approximate surface area is 210 Å². The van der Waals surface area contributed by atoms with Gasteiger partial charge in [-0.15, -0.1) is 0 Å². The van der Waals surface area contributed by atoms with Crippen molar-refractivity contribution in [2.75, 3.05) is 53.2 Å². The van der Waals surface area contributed by atoms with Gasteiger partial charge in [0, 0.05) is 51.4 Å². The van der Waals surface area contributed by atoms with Gasteiger partial charge in [0.15, 0.2) is 11.5 Å². The molecule has 3 aliphatic heterocycles. The van der Waals surface area contributed by atoms with Crippen LogP contribution in [0.15, 0.2) is 17.2 Å². The predicted molar refractivity (Wildman–Crippen MR) is 138 cm³/mol. The minimum atomic E-state index is 0.227. The van der Waals surface area contributed by atoms with Crippen LogP contribution in [-0.4, -0.2) is 86.1 Å². The highest BCUT2D eigenvalue weighted by molar-refractivity contribution is 5.78. The molecule has 0 N–H and O–H groups in total. The largest absolute Gasteiger partial charge is 0.493 e. The van der Waals surface area contributed by atoms with E-state index in [0.717, 1.165) is 89.2 Å². The Morgan fingerprint density at radius 2 is 2.00 bits per heavy atom. The first-order chi connectivity index (χ1) is 17.1. The van der Waals surface area contributed by atoms with Crippen LogP contribution in [-0.2, 0) is 4.79 Å². The molecule has 3 aliphatic rings. The van der Waals surface area contributed by atoms with Crippen molar-refractivity contribution < 1.29 is 19.0 Å². The summed E-state index contributed by atoms with van der Waals surface area (Å²) >= 11 is 0. The molecule has 0 aliphatic carbocycles. The van der Waals surface area contributed by atoms with Gasteiger partial charge in [-0.05, 0) is 49.3 Å². The summed E-state index contributed by atoms with van der Waals surface area (Å²) in [6.45, 7) is 9.59. The number of benzene rings is 1. The van der Waals surface area contributed by atoms with Gasteiger partial charge in [0.1, 0.15) is 0 Å². The number of nitrogens with zero attached hydrogens (tertiary/aromatic N) is 4. The molecule has 0 bridgehead atoms. The van der Waals surface area contributed by atoms with Crippen LogP contribution in [0.4, 0.5) is 0 Å². The first-order valence-electron chi connectivity index (χ1n) is 13.4. The third-order valence-electron chi connectivity index (χ3n) is 7.42. The van der Waals surface area contributed by atoms with Crippen molar-refractivity contribution in [1.29, 1.82) is 0 Å². The fourth-order valence-electron chi connectivity index (χ4n) is 5.34. The number of amides is 1. The average Bonchev–Trinajstić information content (AvgIpc) is 3.63. The number of ether oxygens (including phenoxy) is 3. The van der Waals surface area contributed by atoms with E-state index in [9.17, 15) is 4.79 Å². The molecule has 1 aromatic rings. The van der Waals surface area contributed by atoms with E-state index >= 15 is 0 Å². The minimum Gasteiger partial charge on any atom is -0.493 e. The van der Waals surface area contributed by atoms with Gasteiger partial charge in [0.25, 0.3) is 0 Å². The van der Waals surface area contributed by atoms with Crippen LogP contribution < -0.4 is 14.2 Å². The van der Waals surface area contributed by atoms with E-state index in [4.69, 9.17) is 14.2 Å². The summed E-state index contributed by atoms with van der Waals surface area (Å²) in [5.41, 5.74) is 1.19. The third-order valence-corrected chi connectivity index (χ3v) is 7.42. The molecule has 1 fully saturated rings. The zero-order valence-corrected chi connectivity index (χ0v) is 21.7. The van der Waals surface area contributed by atoms with Gasteiger partial charge >= 0.3 is 0 Å². The first kappa shape index (κ1) is 25.6. The Hall–Kier alpha value is -2.48. The SMILES string of the molecule is CCCCN(CCCC)C(=O)CN1C[C@H](c2cc(OC)c3c(c2)OCO3)C[C@@H]1CCN1CCC=N1. The van der Waals surface area contributed by atoms with E-state index in [1.807, 2.05) is 6.21 Å². The number of hydrazone groups is 1. The second-order valence-corrected chi connectivity index (χ2v) is 9.89. The highest BCUT2D eigenvalue weighted by Crippen LogP contribution is 2.45. The van der Waals surface area contributed by atoms with Crippen molar-refractivity contribution in [3.05, 3.63) is 17.7 Å². The van der Waals surface area contributed by atoms with E-state index in [2.05, 4.69) is 45.9 Å². The highest BCUT2D eigenvalue weighted by Gasteiger charge is 2.36. The lowest BCUT2D eigenvalue weighted by atomic mass is 9.94. The molecule has 0 radical (unpaired) electrons. The molecule has 2 atom stereocenters. The van der Waals surface area contributed by atoms with E-state index in [0.29, 0.717) is 24.3 Å². The summed E-state index contributed by atoms with van der Waals surface area (Å²) in [7, 11) is 1.67. The molecule has 4 rings (SSSR count). The molecule has 1 amide bonds. The maximum atomic E-state index is 13.4. The Morgan fingerprint density at radius 1 is 1.20 bits per heavy atom. The molecule has 35 heavy (non-hydrogen) atoms. The summed E-state index contributed by atoms with van der Waals surface area (Å²) < 4.78 is 16.9. The molecule has 1 saturated heterocycles. The van der Waals surface area contributed by atoms with Crippen molar-refractivity contribution >= 4 is 12.1 Å². The maximum absolute atomic E-state index is 13.4. The summed E-state index contributed by atoms with van der Waals surface area (Å²) in [6, 6.07) is 4.52. The van der Waals surface area contributed by atoms with Crippen molar-refractivity contribution in [3.8, 4) is 17.2 Å². The van der Waals surface area contributed by atoms with Crippen molar-refractivity contribution in [2.24, 2.45) is 5.10 Å². The van der Waals surface area contributed by atoms with Crippen molar-refractivity contribution in [2.45, 2.75) is 70.8 Å². The number of fused-ring (bicyclic) bond motifs is 1. The van der Waals surface area contributed by atoms with E-state index in [1.165, 1.54) is 5.56 Å². The number of carbonyl (C=O) groups excluding carboxylic acids is 1.